The van der Waals surface area contributed by atoms with E-state index in [-0.39, 0.29) is 23.8 Å². The van der Waals surface area contributed by atoms with Gasteiger partial charge in [-0.2, -0.15) is 0 Å². The number of methoxy groups -OCH3 is 1. The van der Waals surface area contributed by atoms with Crippen molar-refractivity contribution in [1.29, 1.82) is 0 Å². The number of pyridine rings is 1. The number of hydrogen-bond acceptors (Lipinski definition) is 7. The molecule has 232 valence electrons. The van der Waals surface area contributed by atoms with Crippen LogP contribution in [0.4, 0.5) is 10.2 Å². The molecule has 10 heteroatoms. The number of nitrogens with zero attached hydrogens (tertiary/aromatic N) is 3. The smallest absolute Gasteiger partial charge is 0.310 e. The maximum atomic E-state index is 14.5. The molecule has 0 spiro atoms. The van der Waals surface area contributed by atoms with E-state index in [4.69, 9.17) is 35.5 Å². The lowest BCUT2D eigenvalue weighted by molar-refractivity contribution is -0.139. The number of halogens is 2. The molecule has 2 aromatic carbocycles. The van der Waals surface area contributed by atoms with E-state index in [1.54, 1.807) is 6.07 Å². The normalized spacial score (nSPS) is 16.9. The first-order chi connectivity index (χ1) is 21.2. The van der Waals surface area contributed by atoms with E-state index < -0.39 is 0 Å². The number of aromatic nitrogens is 2. The third kappa shape index (κ3) is 5.76. The molecule has 8 nitrogen and oxygen atoms in total. The van der Waals surface area contributed by atoms with Crippen LogP contribution in [-0.2, 0) is 25.4 Å². The number of esters is 1. The van der Waals surface area contributed by atoms with E-state index in [0.29, 0.717) is 61.7 Å². The molecule has 2 aromatic heterocycles. The number of ether oxygens (including phenoxy) is 4. The highest BCUT2D eigenvalue weighted by Gasteiger charge is 2.34. The third-order valence-corrected chi connectivity index (χ3v) is 9.22. The summed E-state index contributed by atoms with van der Waals surface area (Å²) >= 11 is 7.25. The predicted octanol–water partition coefficient (Wildman–Crippen LogP) is 6.58. The molecule has 0 radical (unpaired) electrons. The Balaban J connectivity index is 1.55. The van der Waals surface area contributed by atoms with Crippen molar-refractivity contribution >= 4 is 29.0 Å². The summed E-state index contributed by atoms with van der Waals surface area (Å²) in [4.78, 5) is 20.0. The Hall–Kier alpha value is -3.66. The summed E-state index contributed by atoms with van der Waals surface area (Å²) < 4.78 is 39.7. The second-order valence-electron chi connectivity index (χ2n) is 11.7. The number of hydrogen-bond donors (Lipinski definition) is 0. The first-order valence-corrected chi connectivity index (χ1v) is 15.3. The lowest BCUT2D eigenvalue weighted by atomic mass is 9.92. The molecule has 0 amide bonds. The molecule has 6 bridgehead atoms. The quantitative estimate of drug-likeness (QED) is 0.185. The van der Waals surface area contributed by atoms with Gasteiger partial charge < -0.3 is 23.8 Å². The van der Waals surface area contributed by atoms with E-state index in [9.17, 15) is 9.18 Å². The number of fused-ring (bicyclic) bond motifs is 8. The van der Waals surface area contributed by atoms with Crippen LogP contribution in [0.25, 0.3) is 28.0 Å². The van der Waals surface area contributed by atoms with Gasteiger partial charge in [0, 0.05) is 29.8 Å². The maximum Gasteiger partial charge on any atom is 0.310 e. The summed E-state index contributed by atoms with van der Waals surface area (Å²) in [5.41, 5.74) is 5.94. The van der Waals surface area contributed by atoms with Crippen molar-refractivity contribution in [1.82, 2.24) is 9.38 Å². The summed E-state index contributed by atoms with van der Waals surface area (Å²) in [6, 6.07) is 12.2. The minimum absolute atomic E-state index is 0.109. The van der Waals surface area contributed by atoms with E-state index in [2.05, 4.69) is 11.8 Å². The topological polar surface area (TPSA) is 74.5 Å². The van der Waals surface area contributed by atoms with Crippen molar-refractivity contribution in [3.8, 4) is 28.1 Å². The number of imidazole rings is 1. The first kappa shape index (κ1) is 30.4. The molecular formula is C34H37ClFN3O5. The number of piperidine rings is 1. The average molecular weight is 622 g/mol. The Labute approximate surface area is 261 Å². The number of carbonyl (C=O) groups excluding carboxylic acids is 1. The zero-order valence-corrected chi connectivity index (χ0v) is 26.3. The number of benzene rings is 2. The van der Waals surface area contributed by atoms with Gasteiger partial charge in [-0.05, 0) is 74.6 Å². The van der Waals surface area contributed by atoms with Crippen LogP contribution in [0.5, 0.6) is 5.75 Å². The number of carbonyl (C=O) groups is 1. The zero-order chi connectivity index (χ0) is 31.0. The molecule has 3 aliphatic rings. The van der Waals surface area contributed by atoms with Gasteiger partial charge in [-0.3, -0.25) is 9.20 Å². The molecule has 1 saturated heterocycles. The first-order valence-electron chi connectivity index (χ1n) is 15.0. The molecular weight excluding hydrogens is 585 g/mol. The molecule has 0 atom stereocenters. The lowest BCUT2D eigenvalue weighted by Gasteiger charge is -2.41. The van der Waals surface area contributed by atoms with Gasteiger partial charge in [-0.25, -0.2) is 9.37 Å². The molecule has 3 aliphatic heterocycles. The summed E-state index contributed by atoms with van der Waals surface area (Å²) in [5, 5.41) is 0.438. The van der Waals surface area contributed by atoms with Crippen molar-refractivity contribution in [3.63, 3.8) is 0 Å². The Morgan fingerprint density at radius 2 is 1.80 bits per heavy atom. The molecule has 44 heavy (non-hydrogen) atoms. The van der Waals surface area contributed by atoms with Crippen LogP contribution < -0.4 is 9.64 Å². The summed E-state index contributed by atoms with van der Waals surface area (Å²) in [6.07, 6.45) is 1.69. The maximum absolute atomic E-state index is 14.5. The Kier molecular flexibility index (Phi) is 8.55. The van der Waals surface area contributed by atoms with Gasteiger partial charge in [0.1, 0.15) is 40.5 Å². The Morgan fingerprint density at radius 1 is 1.05 bits per heavy atom. The molecule has 4 aromatic rings. The molecule has 0 aliphatic carbocycles. The number of aryl methyl sites for hydroxylation is 1. The Bertz CT molecular complexity index is 1710. The molecule has 0 unspecified atom stereocenters. The van der Waals surface area contributed by atoms with Crippen molar-refractivity contribution in [2.75, 3.05) is 51.5 Å². The van der Waals surface area contributed by atoms with Crippen molar-refractivity contribution in [3.05, 3.63) is 70.1 Å². The predicted molar refractivity (Wildman–Crippen MR) is 168 cm³/mol. The number of rotatable bonds is 2. The molecule has 0 N–H and O–H groups in total. The van der Waals surface area contributed by atoms with Crippen LogP contribution in [0.3, 0.4) is 0 Å². The fraction of sp³-hybridized carbons (Fsp3) is 0.412. The standard InChI is InChI=1S/C34H37ClFN3O5/c1-21-22(2)32-37-30-24-7-5-6-23(18-24)27-19-25(36)8-9-28(27)43-16-14-42-15-17-44-34(3)10-12-38(13-11-34)33(39(32)31(30)35)26(21)20-29(40)41-4/h5-9,18-19H,10-17,20H2,1-4H3. The average Bonchev–Trinajstić information content (AvgIpc) is 3.37. The van der Waals surface area contributed by atoms with Gasteiger partial charge in [0.05, 0.1) is 39.0 Å². The third-order valence-electron chi connectivity index (χ3n) is 8.88. The highest BCUT2D eigenvalue weighted by molar-refractivity contribution is 6.32. The summed E-state index contributed by atoms with van der Waals surface area (Å²) in [7, 11) is 1.40. The minimum atomic E-state index is -0.363. The van der Waals surface area contributed by atoms with Crippen LogP contribution in [0.1, 0.15) is 36.5 Å². The second-order valence-corrected chi connectivity index (χ2v) is 12.0. The van der Waals surface area contributed by atoms with Crippen LogP contribution >= 0.6 is 11.6 Å². The molecule has 0 saturated carbocycles. The highest BCUT2D eigenvalue weighted by Crippen LogP contribution is 2.41. The van der Waals surface area contributed by atoms with Gasteiger partial charge in [0.15, 0.2) is 0 Å². The van der Waals surface area contributed by atoms with Gasteiger partial charge >= 0.3 is 5.97 Å². The SMILES string of the molecule is COC(=O)Cc1c(C)c(C)c2nc3c(Cl)n2c1N1CCC(C)(CC1)OCCOCCOc1ccc(F)cc1-c1cccc-3c1. The van der Waals surface area contributed by atoms with Crippen LogP contribution in [0.2, 0.25) is 5.15 Å². The second kappa shape index (κ2) is 12.4. The van der Waals surface area contributed by atoms with E-state index in [1.165, 1.54) is 19.2 Å². The Morgan fingerprint density at radius 3 is 2.57 bits per heavy atom. The highest BCUT2D eigenvalue weighted by atomic mass is 35.5. The fourth-order valence-corrected chi connectivity index (χ4v) is 6.48. The van der Waals surface area contributed by atoms with Crippen LogP contribution in [0, 0.1) is 19.7 Å². The summed E-state index contributed by atoms with van der Waals surface area (Å²) in [5.74, 6) is 0.710. The zero-order valence-electron chi connectivity index (χ0n) is 25.5. The van der Waals surface area contributed by atoms with Crippen molar-refractivity contribution < 1.29 is 28.1 Å². The van der Waals surface area contributed by atoms with Gasteiger partial charge in [0.25, 0.3) is 0 Å². The monoisotopic (exact) mass is 621 g/mol. The lowest BCUT2D eigenvalue weighted by Crippen LogP contribution is -2.45. The molecule has 1 fully saturated rings. The molecule has 5 heterocycles. The largest absolute Gasteiger partial charge is 0.491 e. The van der Waals surface area contributed by atoms with E-state index in [1.807, 2.05) is 42.5 Å². The van der Waals surface area contributed by atoms with Crippen molar-refractivity contribution in [2.24, 2.45) is 0 Å². The van der Waals surface area contributed by atoms with Gasteiger partial charge in [-0.1, -0.05) is 29.8 Å². The van der Waals surface area contributed by atoms with Gasteiger partial charge in [0.2, 0.25) is 0 Å². The number of anilines is 1. The van der Waals surface area contributed by atoms with Crippen molar-refractivity contribution in [2.45, 2.75) is 45.6 Å². The van der Waals surface area contributed by atoms with E-state index in [0.717, 1.165) is 52.1 Å². The van der Waals surface area contributed by atoms with E-state index >= 15 is 0 Å². The molecule has 7 rings (SSSR count). The van der Waals surface area contributed by atoms with Crippen LogP contribution in [0.15, 0.2) is 42.5 Å². The van der Waals surface area contributed by atoms with Crippen LogP contribution in [-0.4, -0.2) is 67.6 Å². The van der Waals surface area contributed by atoms with Gasteiger partial charge in [-0.15, -0.1) is 0 Å². The fourth-order valence-electron chi connectivity index (χ4n) is 6.17. The summed E-state index contributed by atoms with van der Waals surface area (Å²) in [6.45, 7) is 9.16. The minimum Gasteiger partial charge on any atom is -0.491 e.